The predicted molar refractivity (Wildman–Crippen MR) is 82.7 cm³/mol. The molecule has 0 saturated heterocycles. The lowest BCUT2D eigenvalue weighted by atomic mass is 10.2. The Labute approximate surface area is 129 Å². The van der Waals surface area contributed by atoms with Crippen LogP contribution in [0.4, 0.5) is 4.39 Å². The van der Waals surface area contributed by atoms with E-state index in [0.29, 0.717) is 17.1 Å². The van der Waals surface area contributed by atoms with Gasteiger partial charge >= 0.3 is 0 Å². The maximum Gasteiger partial charge on any atom is 0.136 e. The van der Waals surface area contributed by atoms with Crippen LogP contribution in [0, 0.1) is 5.82 Å². The van der Waals surface area contributed by atoms with Gasteiger partial charge in [0, 0.05) is 17.0 Å². The van der Waals surface area contributed by atoms with Crippen molar-refractivity contribution >= 4 is 26.8 Å². The Morgan fingerprint density at radius 3 is 2.90 bits per heavy atom. The molecule has 0 bridgehead atoms. The molecule has 0 radical (unpaired) electrons. The highest BCUT2D eigenvalue weighted by Gasteiger charge is 2.24. The molecule has 4 rings (SSSR count). The quantitative estimate of drug-likeness (QED) is 0.710. The van der Waals surface area contributed by atoms with Gasteiger partial charge in [0.05, 0.1) is 17.8 Å². The first-order valence-corrected chi connectivity index (χ1v) is 7.77. The van der Waals surface area contributed by atoms with E-state index in [4.69, 9.17) is 4.98 Å². The molecule has 0 amide bonds. The van der Waals surface area contributed by atoms with Crippen LogP contribution in [-0.4, -0.2) is 14.8 Å². The number of pyridine rings is 1. The van der Waals surface area contributed by atoms with Crippen molar-refractivity contribution in [3.8, 4) is 0 Å². The summed E-state index contributed by atoms with van der Waals surface area (Å²) in [6.07, 6.45) is 2.48. The Hall–Kier alpha value is -1.75. The van der Waals surface area contributed by atoms with E-state index in [-0.39, 0.29) is 5.82 Å². The number of benzene rings is 1. The molecule has 1 aliphatic rings. The van der Waals surface area contributed by atoms with Crippen LogP contribution in [0.15, 0.2) is 41.0 Å². The Morgan fingerprint density at radius 1 is 1.24 bits per heavy atom. The third-order valence-electron chi connectivity index (χ3n) is 3.80. The fourth-order valence-electron chi connectivity index (χ4n) is 2.58. The second-order valence-electron chi connectivity index (χ2n) is 5.44. The van der Waals surface area contributed by atoms with E-state index < -0.39 is 0 Å². The first kappa shape index (κ1) is 13.0. The molecular weight excluding hydrogens is 333 g/mol. The Kier molecular flexibility index (Phi) is 3.03. The SMILES string of the molecule is Fc1ccc2c(c1)c(Br)nn2Cc1cccc(C2CC2)n1. The Balaban J connectivity index is 1.72. The molecule has 0 unspecified atom stereocenters. The summed E-state index contributed by atoms with van der Waals surface area (Å²) in [5, 5.41) is 5.23. The molecule has 3 aromatic rings. The maximum absolute atomic E-state index is 13.3. The van der Waals surface area contributed by atoms with Gasteiger partial charge in [0.25, 0.3) is 0 Å². The molecular formula is C16H13BrFN3. The Morgan fingerprint density at radius 2 is 2.10 bits per heavy atom. The minimum Gasteiger partial charge on any atom is -0.258 e. The summed E-state index contributed by atoms with van der Waals surface area (Å²) in [5.41, 5.74) is 3.07. The zero-order chi connectivity index (χ0) is 14.4. The van der Waals surface area contributed by atoms with Crippen LogP contribution in [0.2, 0.25) is 0 Å². The van der Waals surface area contributed by atoms with Gasteiger partial charge in [-0.25, -0.2) is 4.39 Å². The van der Waals surface area contributed by atoms with E-state index in [1.165, 1.54) is 30.7 Å². The van der Waals surface area contributed by atoms with Gasteiger partial charge in [-0.3, -0.25) is 9.67 Å². The van der Waals surface area contributed by atoms with Crippen molar-refractivity contribution in [3.63, 3.8) is 0 Å². The van der Waals surface area contributed by atoms with Crippen LogP contribution in [0.5, 0.6) is 0 Å². The molecule has 5 heteroatoms. The van der Waals surface area contributed by atoms with Gasteiger partial charge in [-0.15, -0.1) is 0 Å². The summed E-state index contributed by atoms with van der Waals surface area (Å²) in [4.78, 5) is 4.71. The standard InChI is InChI=1S/C16H13BrFN3/c17-16-13-8-11(18)6-7-15(13)21(20-16)9-12-2-1-3-14(19-12)10-4-5-10/h1-3,6-8,10H,4-5,9H2. The van der Waals surface area contributed by atoms with Crippen molar-refractivity contribution in [2.45, 2.75) is 25.3 Å². The molecule has 21 heavy (non-hydrogen) atoms. The fourth-order valence-corrected chi connectivity index (χ4v) is 3.09. The number of hydrogen-bond acceptors (Lipinski definition) is 2. The summed E-state index contributed by atoms with van der Waals surface area (Å²) < 4.78 is 15.9. The van der Waals surface area contributed by atoms with Gasteiger partial charge in [0.15, 0.2) is 0 Å². The first-order valence-electron chi connectivity index (χ1n) is 6.98. The number of hydrogen-bond donors (Lipinski definition) is 0. The Bertz CT molecular complexity index is 824. The van der Waals surface area contributed by atoms with Gasteiger partial charge in [-0.05, 0) is 59.1 Å². The van der Waals surface area contributed by atoms with Gasteiger partial charge in [0.2, 0.25) is 0 Å². The lowest BCUT2D eigenvalue weighted by molar-refractivity contribution is 0.629. The normalized spacial score (nSPS) is 14.8. The van der Waals surface area contributed by atoms with Crippen LogP contribution in [0.3, 0.4) is 0 Å². The minimum absolute atomic E-state index is 0.253. The van der Waals surface area contributed by atoms with Crippen LogP contribution < -0.4 is 0 Å². The van der Waals surface area contributed by atoms with Crippen LogP contribution in [0.1, 0.15) is 30.1 Å². The summed E-state index contributed by atoms with van der Waals surface area (Å²) >= 11 is 3.39. The monoisotopic (exact) mass is 345 g/mol. The predicted octanol–water partition coefficient (Wildman–Crippen LogP) is 4.26. The summed E-state index contributed by atoms with van der Waals surface area (Å²) in [5.74, 6) is 0.386. The van der Waals surface area contributed by atoms with Crippen molar-refractivity contribution in [1.29, 1.82) is 0 Å². The zero-order valence-electron chi connectivity index (χ0n) is 11.3. The summed E-state index contributed by atoms with van der Waals surface area (Å²) in [6, 6.07) is 10.9. The summed E-state index contributed by atoms with van der Waals surface area (Å²) in [7, 11) is 0. The number of fused-ring (bicyclic) bond motifs is 1. The lowest BCUT2D eigenvalue weighted by Gasteiger charge is -2.05. The second kappa shape index (κ2) is 4.91. The molecule has 2 aromatic heterocycles. The topological polar surface area (TPSA) is 30.7 Å². The number of nitrogens with zero attached hydrogens (tertiary/aromatic N) is 3. The van der Waals surface area contributed by atoms with Crippen LogP contribution in [-0.2, 0) is 6.54 Å². The van der Waals surface area contributed by atoms with Gasteiger partial charge in [-0.2, -0.15) is 5.10 Å². The van der Waals surface area contributed by atoms with Crippen molar-refractivity contribution in [3.05, 3.63) is 58.2 Å². The molecule has 0 spiro atoms. The number of aromatic nitrogens is 3. The van der Waals surface area contributed by atoms with Crippen LogP contribution >= 0.6 is 15.9 Å². The van der Waals surface area contributed by atoms with Crippen LogP contribution in [0.25, 0.3) is 10.9 Å². The average Bonchev–Trinajstić information content (AvgIpc) is 3.27. The maximum atomic E-state index is 13.3. The second-order valence-corrected chi connectivity index (χ2v) is 6.19. The molecule has 1 aliphatic carbocycles. The van der Waals surface area contributed by atoms with E-state index in [9.17, 15) is 4.39 Å². The zero-order valence-corrected chi connectivity index (χ0v) is 12.8. The van der Waals surface area contributed by atoms with Gasteiger partial charge in [-0.1, -0.05) is 6.07 Å². The van der Waals surface area contributed by atoms with E-state index in [2.05, 4.69) is 33.2 Å². The molecule has 1 saturated carbocycles. The average molecular weight is 346 g/mol. The van der Waals surface area contributed by atoms with Gasteiger partial charge < -0.3 is 0 Å². The molecule has 0 atom stereocenters. The molecule has 2 heterocycles. The molecule has 1 fully saturated rings. The van der Waals surface area contributed by atoms with E-state index >= 15 is 0 Å². The molecule has 0 aliphatic heterocycles. The third kappa shape index (κ3) is 2.46. The smallest absolute Gasteiger partial charge is 0.136 e. The summed E-state index contributed by atoms with van der Waals surface area (Å²) in [6.45, 7) is 0.592. The molecule has 1 aromatic carbocycles. The molecule has 106 valence electrons. The minimum atomic E-state index is -0.253. The van der Waals surface area contributed by atoms with E-state index in [1.54, 1.807) is 6.07 Å². The van der Waals surface area contributed by atoms with Gasteiger partial charge in [0.1, 0.15) is 10.4 Å². The molecule has 0 N–H and O–H groups in total. The number of rotatable bonds is 3. The molecule has 3 nitrogen and oxygen atoms in total. The largest absolute Gasteiger partial charge is 0.258 e. The highest BCUT2D eigenvalue weighted by molar-refractivity contribution is 9.10. The van der Waals surface area contributed by atoms with E-state index in [0.717, 1.165) is 16.6 Å². The highest BCUT2D eigenvalue weighted by Crippen LogP contribution is 2.38. The van der Waals surface area contributed by atoms with Crippen molar-refractivity contribution in [2.75, 3.05) is 0 Å². The highest BCUT2D eigenvalue weighted by atomic mass is 79.9. The van der Waals surface area contributed by atoms with Crippen molar-refractivity contribution < 1.29 is 4.39 Å². The van der Waals surface area contributed by atoms with Crippen molar-refractivity contribution in [2.24, 2.45) is 0 Å². The first-order chi connectivity index (χ1) is 10.2. The van der Waals surface area contributed by atoms with E-state index in [1.807, 2.05) is 10.7 Å². The third-order valence-corrected chi connectivity index (χ3v) is 4.39. The fraction of sp³-hybridized carbons (Fsp3) is 0.250. The van der Waals surface area contributed by atoms with Crippen molar-refractivity contribution in [1.82, 2.24) is 14.8 Å². The lowest BCUT2D eigenvalue weighted by Crippen LogP contribution is -2.04. The number of halogens is 2.